The summed E-state index contributed by atoms with van der Waals surface area (Å²) in [6, 6.07) is 7.13. The van der Waals surface area contributed by atoms with Crippen molar-refractivity contribution >= 4 is 0 Å². The lowest BCUT2D eigenvalue weighted by Crippen LogP contribution is -2.20. The number of hydrogen-bond donors (Lipinski definition) is 2. The van der Waals surface area contributed by atoms with E-state index < -0.39 is 0 Å². The SMILES string of the molecule is CNCCCCNCCc1ccc2c(c1)CCCC2. The van der Waals surface area contributed by atoms with Crippen molar-refractivity contribution in [3.05, 3.63) is 34.9 Å². The Morgan fingerprint density at radius 3 is 2.58 bits per heavy atom. The standard InChI is InChI=1S/C17H28N2/c1-18-11-4-5-12-19-13-10-15-8-9-16-6-2-3-7-17(16)14-15/h8-9,14,18-19H,2-7,10-13H2,1H3. The minimum Gasteiger partial charge on any atom is -0.320 e. The van der Waals surface area contributed by atoms with E-state index >= 15 is 0 Å². The highest BCUT2D eigenvalue weighted by Gasteiger charge is 2.08. The largest absolute Gasteiger partial charge is 0.320 e. The molecule has 2 N–H and O–H groups in total. The van der Waals surface area contributed by atoms with E-state index in [1.807, 2.05) is 7.05 Å². The van der Waals surface area contributed by atoms with Crippen LogP contribution in [0.15, 0.2) is 18.2 Å². The van der Waals surface area contributed by atoms with Crippen LogP contribution in [0.3, 0.4) is 0 Å². The number of rotatable bonds is 8. The molecule has 0 heterocycles. The number of hydrogen-bond acceptors (Lipinski definition) is 2. The lowest BCUT2D eigenvalue weighted by atomic mass is 9.90. The molecule has 1 aliphatic rings. The van der Waals surface area contributed by atoms with E-state index in [1.54, 1.807) is 11.1 Å². The molecule has 2 rings (SSSR count). The van der Waals surface area contributed by atoms with E-state index in [2.05, 4.69) is 28.8 Å². The molecular weight excluding hydrogens is 232 g/mol. The van der Waals surface area contributed by atoms with E-state index in [4.69, 9.17) is 0 Å². The molecule has 2 nitrogen and oxygen atoms in total. The number of nitrogens with one attached hydrogen (secondary N) is 2. The Balaban J connectivity index is 1.66. The molecule has 0 spiro atoms. The average Bonchev–Trinajstić information content (AvgIpc) is 2.46. The zero-order valence-electron chi connectivity index (χ0n) is 12.3. The summed E-state index contributed by atoms with van der Waals surface area (Å²) in [6.07, 6.45) is 9.04. The molecular formula is C17H28N2. The lowest BCUT2D eigenvalue weighted by Gasteiger charge is -2.16. The van der Waals surface area contributed by atoms with Gasteiger partial charge in [-0.2, -0.15) is 0 Å². The Bertz CT molecular complexity index is 374. The zero-order valence-corrected chi connectivity index (χ0v) is 12.3. The van der Waals surface area contributed by atoms with Crippen molar-refractivity contribution < 1.29 is 0 Å². The van der Waals surface area contributed by atoms with E-state index in [0.29, 0.717) is 0 Å². The fourth-order valence-electron chi connectivity index (χ4n) is 2.85. The van der Waals surface area contributed by atoms with Gasteiger partial charge in [0.15, 0.2) is 0 Å². The molecule has 0 bridgehead atoms. The normalized spacial score (nSPS) is 14.4. The van der Waals surface area contributed by atoms with Crippen LogP contribution in [-0.4, -0.2) is 26.7 Å². The van der Waals surface area contributed by atoms with Gasteiger partial charge in [0.1, 0.15) is 0 Å². The molecule has 19 heavy (non-hydrogen) atoms. The topological polar surface area (TPSA) is 24.1 Å². The number of unbranched alkanes of at least 4 members (excludes halogenated alkanes) is 1. The minimum absolute atomic E-state index is 1.11. The van der Waals surface area contributed by atoms with Gasteiger partial charge in [-0.3, -0.25) is 0 Å². The predicted molar refractivity (Wildman–Crippen MR) is 82.8 cm³/mol. The highest BCUT2D eigenvalue weighted by atomic mass is 14.8. The van der Waals surface area contributed by atoms with Gasteiger partial charge in [-0.15, -0.1) is 0 Å². The van der Waals surface area contributed by atoms with Crippen LogP contribution in [0.1, 0.15) is 42.4 Å². The fraction of sp³-hybridized carbons (Fsp3) is 0.647. The van der Waals surface area contributed by atoms with Gasteiger partial charge in [-0.25, -0.2) is 0 Å². The van der Waals surface area contributed by atoms with Crippen molar-refractivity contribution in [3.8, 4) is 0 Å². The van der Waals surface area contributed by atoms with E-state index in [0.717, 1.165) is 19.6 Å². The molecule has 106 valence electrons. The maximum atomic E-state index is 3.55. The first kappa shape index (κ1) is 14.5. The first-order valence-electron chi connectivity index (χ1n) is 7.86. The van der Waals surface area contributed by atoms with E-state index in [9.17, 15) is 0 Å². The third-order valence-electron chi connectivity index (χ3n) is 4.03. The monoisotopic (exact) mass is 260 g/mol. The van der Waals surface area contributed by atoms with Crippen molar-refractivity contribution in [3.63, 3.8) is 0 Å². The van der Waals surface area contributed by atoms with Crippen molar-refractivity contribution in [2.75, 3.05) is 26.7 Å². The third kappa shape index (κ3) is 4.96. The predicted octanol–water partition coefficient (Wildman–Crippen LogP) is 2.70. The molecule has 0 saturated carbocycles. The van der Waals surface area contributed by atoms with Crippen LogP contribution >= 0.6 is 0 Å². The third-order valence-corrected chi connectivity index (χ3v) is 4.03. The maximum Gasteiger partial charge on any atom is -0.000835 e. The van der Waals surface area contributed by atoms with Crippen LogP contribution in [0, 0.1) is 0 Å². The fourth-order valence-corrected chi connectivity index (χ4v) is 2.85. The van der Waals surface area contributed by atoms with Crippen LogP contribution in [0.4, 0.5) is 0 Å². The minimum atomic E-state index is 1.11. The number of aryl methyl sites for hydroxylation is 2. The highest BCUT2D eigenvalue weighted by Crippen LogP contribution is 2.22. The maximum absolute atomic E-state index is 3.55. The Morgan fingerprint density at radius 1 is 0.947 bits per heavy atom. The van der Waals surface area contributed by atoms with Gasteiger partial charge in [-0.1, -0.05) is 18.2 Å². The Labute approximate surface area is 118 Å². The summed E-state index contributed by atoms with van der Waals surface area (Å²) in [5.41, 5.74) is 4.70. The Kier molecular flexibility index (Phi) is 6.38. The molecule has 0 atom stereocenters. The molecule has 1 aromatic carbocycles. The summed E-state index contributed by atoms with van der Waals surface area (Å²) in [4.78, 5) is 0. The first-order chi connectivity index (χ1) is 9.40. The summed E-state index contributed by atoms with van der Waals surface area (Å²) >= 11 is 0. The molecule has 0 radical (unpaired) electrons. The van der Waals surface area contributed by atoms with Crippen LogP contribution in [0.25, 0.3) is 0 Å². The zero-order chi connectivity index (χ0) is 13.3. The molecule has 1 aromatic rings. The second-order valence-corrected chi connectivity index (χ2v) is 5.62. The smallest absolute Gasteiger partial charge is 0.000835 e. The molecule has 0 saturated heterocycles. The van der Waals surface area contributed by atoms with E-state index in [1.165, 1.54) is 50.5 Å². The molecule has 0 fully saturated rings. The Morgan fingerprint density at radius 2 is 1.74 bits per heavy atom. The van der Waals surface area contributed by atoms with Gasteiger partial charge >= 0.3 is 0 Å². The van der Waals surface area contributed by atoms with Crippen LogP contribution < -0.4 is 10.6 Å². The first-order valence-corrected chi connectivity index (χ1v) is 7.86. The number of benzene rings is 1. The average molecular weight is 260 g/mol. The van der Waals surface area contributed by atoms with Crippen LogP contribution in [0.2, 0.25) is 0 Å². The van der Waals surface area contributed by atoms with Crippen molar-refractivity contribution in [1.82, 2.24) is 10.6 Å². The summed E-state index contributed by atoms with van der Waals surface area (Å²) in [5.74, 6) is 0. The summed E-state index contributed by atoms with van der Waals surface area (Å²) < 4.78 is 0. The van der Waals surface area contributed by atoms with Crippen molar-refractivity contribution in [2.24, 2.45) is 0 Å². The second-order valence-electron chi connectivity index (χ2n) is 5.62. The molecule has 2 heteroatoms. The second kappa shape index (κ2) is 8.34. The quantitative estimate of drug-likeness (QED) is 0.702. The summed E-state index contributed by atoms with van der Waals surface area (Å²) in [5, 5.41) is 6.73. The van der Waals surface area contributed by atoms with Crippen molar-refractivity contribution in [2.45, 2.75) is 44.9 Å². The Hall–Kier alpha value is -0.860. The van der Waals surface area contributed by atoms with Crippen molar-refractivity contribution in [1.29, 1.82) is 0 Å². The van der Waals surface area contributed by atoms with Gasteiger partial charge < -0.3 is 10.6 Å². The molecule has 0 aliphatic heterocycles. The molecule has 0 unspecified atom stereocenters. The summed E-state index contributed by atoms with van der Waals surface area (Å²) in [6.45, 7) is 3.39. The van der Waals surface area contributed by atoms with Gasteiger partial charge in [0.25, 0.3) is 0 Å². The number of fused-ring (bicyclic) bond motifs is 1. The highest BCUT2D eigenvalue weighted by molar-refractivity contribution is 5.33. The van der Waals surface area contributed by atoms with Gasteiger partial charge in [0.05, 0.1) is 0 Å². The van der Waals surface area contributed by atoms with Crippen LogP contribution in [0.5, 0.6) is 0 Å². The lowest BCUT2D eigenvalue weighted by molar-refractivity contribution is 0.605. The van der Waals surface area contributed by atoms with E-state index in [-0.39, 0.29) is 0 Å². The van der Waals surface area contributed by atoms with Crippen LogP contribution in [-0.2, 0) is 19.3 Å². The molecule has 0 amide bonds. The summed E-state index contributed by atoms with van der Waals surface area (Å²) in [7, 11) is 2.02. The van der Waals surface area contributed by atoms with Gasteiger partial charge in [0, 0.05) is 0 Å². The van der Waals surface area contributed by atoms with Gasteiger partial charge in [-0.05, 0) is 88.3 Å². The molecule has 0 aromatic heterocycles. The molecule has 1 aliphatic carbocycles. The van der Waals surface area contributed by atoms with Gasteiger partial charge in [0.2, 0.25) is 0 Å².